The molecule has 1 fully saturated rings. The van der Waals surface area contributed by atoms with Gasteiger partial charge in [-0.25, -0.2) is 17.5 Å². The standard InChI is InChI=1S/C19H24FN3O2S/c1-22-11-13-23(14-12-22)19(16-7-9-17(20)10-8-16)15-21-26(24,25)18-5-3-2-4-6-18/h2-10,19,21H,11-15H2,1H3. The molecule has 5 nitrogen and oxygen atoms in total. The molecule has 2 aromatic rings. The van der Waals surface area contributed by atoms with Gasteiger partial charge in [-0.05, 0) is 36.9 Å². The normalized spacial score (nSPS) is 17.9. The van der Waals surface area contributed by atoms with Crippen molar-refractivity contribution in [3.05, 3.63) is 66.0 Å². The van der Waals surface area contributed by atoms with Crippen LogP contribution in [0.5, 0.6) is 0 Å². The van der Waals surface area contributed by atoms with Crippen LogP contribution in [-0.2, 0) is 10.0 Å². The molecule has 0 amide bonds. The number of likely N-dealkylation sites (N-methyl/N-ethyl adjacent to an activating group) is 1. The zero-order valence-corrected chi connectivity index (χ0v) is 15.6. The average molecular weight is 377 g/mol. The van der Waals surface area contributed by atoms with Crippen LogP contribution in [0.3, 0.4) is 0 Å². The first-order valence-electron chi connectivity index (χ1n) is 8.68. The van der Waals surface area contributed by atoms with Gasteiger partial charge < -0.3 is 4.90 Å². The third kappa shape index (κ3) is 4.67. The van der Waals surface area contributed by atoms with Gasteiger partial charge in [0.2, 0.25) is 10.0 Å². The minimum Gasteiger partial charge on any atom is -0.304 e. The Morgan fingerprint density at radius 1 is 1.00 bits per heavy atom. The van der Waals surface area contributed by atoms with Crippen LogP contribution in [-0.4, -0.2) is 58.0 Å². The predicted molar refractivity (Wildman–Crippen MR) is 99.8 cm³/mol. The average Bonchev–Trinajstić information content (AvgIpc) is 2.65. The molecule has 0 aliphatic carbocycles. The highest BCUT2D eigenvalue weighted by atomic mass is 32.2. The van der Waals surface area contributed by atoms with E-state index in [1.165, 1.54) is 12.1 Å². The van der Waals surface area contributed by atoms with E-state index in [9.17, 15) is 12.8 Å². The maximum Gasteiger partial charge on any atom is 0.240 e. The number of hydrogen-bond acceptors (Lipinski definition) is 4. The second-order valence-corrected chi connectivity index (χ2v) is 8.34. The Bertz CT molecular complexity index is 804. The minimum atomic E-state index is -3.58. The van der Waals surface area contributed by atoms with Gasteiger partial charge in [-0.2, -0.15) is 0 Å². The van der Waals surface area contributed by atoms with Crippen molar-refractivity contribution >= 4 is 10.0 Å². The fourth-order valence-electron chi connectivity index (χ4n) is 3.15. The molecule has 3 rings (SSSR count). The van der Waals surface area contributed by atoms with E-state index in [-0.39, 0.29) is 23.3 Å². The quantitative estimate of drug-likeness (QED) is 0.838. The molecule has 0 radical (unpaired) electrons. The Hall–Kier alpha value is -1.80. The van der Waals surface area contributed by atoms with E-state index in [4.69, 9.17) is 0 Å². The lowest BCUT2D eigenvalue weighted by Crippen LogP contribution is -2.48. The Balaban J connectivity index is 1.78. The van der Waals surface area contributed by atoms with Gasteiger partial charge >= 0.3 is 0 Å². The van der Waals surface area contributed by atoms with Gasteiger partial charge in [-0.1, -0.05) is 30.3 Å². The first-order valence-corrected chi connectivity index (χ1v) is 10.2. The zero-order valence-electron chi connectivity index (χ0n) is 14.8. The van der Waals surface area contributed by atoms with Crippen LogP contribution in [0.25, 0.3) is 0 Å². The number of nitrogens with one attached hydrogen (secondary N) is 1. The van der Waals surface area contributed by atoms with E-state index >= 15 is 0 Å². The summed E-state index contributed by atoms with van der Waals surface area (Å²) in [6, 6.07) is 14.5. The van der Waals surface area contributed by atoms with Crippen molar-refractivity contribution in [2.24, 2.45) is 0 Å². The summed E-state index contributed by atoms with van der Waals surface area (Å²) in [7, 11) is -1.51. The highest BCUT2D eigenvalue weighted by Gasteiger charge is 2.26. The molecule has 0 bridgehead atoms. The molecule has 1 atom stereocenters. The number of hydrogen-bond donors (Lipinski definition) is 1. The van der Waals surface area contributed by atoms with Crippen LogP contribution in [0.15, 0.2) is 59.5 Å². The molecule has 0 aromatic heterocycles. The van der Waals surface area contributed by atoms with E-state index in [1.54, 1.807) is 42.5 Å². The highest BCUT2D eigenvalue weighted by molar-refractivity contribution is 7.89. The highest BCUT2D eigenvalue weighted by Crippen LogP contribution is 2.23. The van der Waals surface area contributed by atoms with Crippen molar-refractivity contribution in [2.75, 3.05) is 39.8 Å². The monoisotopic (exact) mass is 377 g/mol. The Morgan fingerprint density at radius 2 is 1.62 bits per heavy atom. The molecule has 2 aromatic carbocycles. The minimum absolute atomic E-state index is 0.136. The fourth-order valence-corrected chi connectivity index (χ4v) is 4.21. The molecule has 1 heterocycles. The number of nitrogens with zero attached hydrogens (tertiary/aromatic N) is 2. The predicted octanol–water partition coefficient (Wildman–Crippen LogP) is 2.09. The number of sulfonamides is 1. The first-order chi connectivity index (χ1) is 12.5. The molecule has 1 aliphatic heterocycles. The largest absolute Gasteiger partial charge is 0.304 e. The molecule has 140 valence electrons. The lowest BCUT2D eigenvalue weighted by Gasteiger charge is -2.38. The number of halogens is 1. The van der Waals surface area contributed by atoms with Gasteiger partial charge in [0.15, 0.2) is 0 Å². The van der Waals surface area contributed by atoms with E-state index < -0.39 is 10.0 Å². The lowest BCUT2D eigenvalue weighted by atomic mass is 10.0. The summed E-state index contributed by atoms with van der Waals surface area (Å²) in [5, 5.41) is 0. The molecule has 7 heteroatoms. The van der Waals surface area contributed by atoms with Crippen molar-refractivity contribution in [2.45, 2.75) is 10.9 Å². The third-order valence-electron chi connectivity index (χ3n) is 4.75. The second kappa shape index (κ2) is 8.26. The SMILES string of the molecule is CN1CCN(C(CNS(=O)(=O)c2ccccc2)c2ccc(F)cc2)CC1. The lowest BCUT2D eigenvalue weighted by molar-refractivity contribution is 0.113. The van der Waals surface area contributed by atoms with Crippen molar-refractivity contribution < 1.29 is 12.8 Å². The Labute approximate surface area is 154 Å². The third-order valence-corrected chi connectivity index (χ3v) is 6.19. The van der Waals surface area contributed by atoms with Crippen LogP contribution in [0, 0.1) is 5.82 Å². The number of rotatable bonds is 6. The van der Waals surface area contributed by atoms with Crippen LogP contribution in [0.1, 0.15) is 11.6 Å². The van der Waals surface area contributed by atoms with Crippen molar-refractivity contribution in [3.8, 4) is 0 Å². The Kier molecular flexibility index (Phi) is 6.03. The second-order valence-electron chi connectivity index (χ2n) is 6.57. The van der Waals surface area contributed by atoms with Crippen molar-refractivity contribution in [3.63, 3.8) is 0 Å². The molecular formula is C19H24FN3O2S. The van der Waals surface area contributed by atoms with E-state index in [0.717, 1.165) is 31.7 Å². The smallest absolute Gasteiger partial charge is 0.240 e. The summed E-state index contributed by atoms with van der Waals surface area (Å²) >= 11 is 0. The topological polar surface area (TPSA) is 52.6 Å². The molecule has 1 saturated heterocycles. The summed E-state index contributed by atoms with van der Waals surface area (Å²) in [6.07, 6.45) is 0. The Morgan fingerprint density at radius 3 is 2.23 bits per heavy atom. The molecule has 1 aliphatic rings. The van der Waals surface area contributed by atoms with Gasteiger partial charge in [-0.3, -0.25) is 4.90 Å². The maximum atomic E-state index is 13.3. The molecule has 1 unspecified atom stereocenters. The molecule has 26 heavy (non-hydrogen) atoms. The van der Waals surface area contributed by atoms with Gasteiger partial charge in [-0.15, -0.1) is 0 Å². The fraction of sp³-hybridized carbons (Fsp3) is 0.368. The zero-order chi connectivity index (χ0) is 18.6. The summed E-state index contributed by atoms with van der Waals surface area (Å²) in [5.74, 6) is -0.296. The van der Waals surface area contributed by atoms with E-state index in [1.807, 2.05) is 0 Å². The van der Waals surface area contributed by atoms with Crippen LogP contribution < -0.4 is 4.72 Å². The van der Waals surface area contributed by atoms with Gasteiger partial charge in [0.1, 0.15) is 5.82 Å². The van der Waals surface area contributed by atoms with E-state index in [2.05, 4.69) is 21.6 Å². The molecular weight excluding hydrogens is 353 g/mol. The number of piperazine rings is 1. The van der Waals surface area contributed by atoms with Gasteiger partial charge in [0.05, 0.1) is 4.90 Å². The van der Waals surface area contributed by atoms with E-state index in [0.29, 0.717) is 0 Å². The number of benzene rings is 2. The first kappa shape index (κ1) is 19.0. The van der Waals surface area contributed by atoms with Crippen molar-refractivity contribution in [1.82, 2.24) is 14.5 Å². The van der Waals surface area contributed by atoms with Crippen molar-refractivity contribution in [1.29, 1.82) is 0 Å². The summed E-state index contributed by atoms with van der Waals surface area (Å²) < 4.78 is 41.1. The van der Waals surface area contributed by atoms with Crippen LogP contribution in [0.4, 0.5) is 4.39 Å². The maximum absolute atomic E-state index is 13.3. The summed E-state index contributed by atoms with van der Waals surface area (Å²) in [4.78, 5) is 4.74. The molecule has 0 spiro atoms. The van der Waals surface area contributed by atoms with Gasteiger partial charge in [0, 0.05) is 38.8 Å². The van der Waals surface area contributed by atoms with Gasteiger partial charge in [0.25, 0.3) is 0 Å². The summed E-state index contributed by atoms with van der Waals surface area (Å²) in [5.41, 5.74) is 0.909. The van der Waals surface area contributed by atoms with Crippen LogP contribution >= 0.6 is 0 Å². The summed E-state index contributed by atoms with van der Waals surface area (Å²) in [6.45, 7) is 3.76. The van der Waals surface area contributed by atoms with Crippen LogP contribution in [0.2, 0.25) is 0 Å². The molecule has 0 saturated carbocycles. The molecule has 1 N–H and O–H groups in total.